The second kappa shape index (κ2) is 8.60. The van der Waals surface area contributed by atoms with Gasteiger partial charge in [-0.2, -0.15) is 0 Å². The highest BCUT2D eigenvalue weighted by atomic mass is 16.5. The number of aromatic nitrogens is 3. The van der Waals surface area contributed by atoms with Gasteiger partial charge in [0.15, 0.2) is 5.79 Å². The van der Waals surface area contributed by atoms with E-state index in [0.29, 0.717) is 5.88 Å². The summed E-state index contributed by atoms with van der Waals surface area (Å²) >= 11 is 0. The Morgan fingerprint density at radius 1 is 1.03 bits per heavy atom. The van der Waals surface area contributed by atoms with Crippen LogP contribution in [0.2, 0.25) is 0 Å². The minimum Gasteiger partial charge on any atom is -0.481 e. The molecule has 0 bridgehead atoms. The maximum absolute atomic E-state index is 5.22. The number of methoxy groups -OCH3 is 1. The summed E-state index contributed by atoms with van der Waals surface area (Å²) in [5.41, 5.74) is 5.06. The third kappa shape index (κ3) is 4.44. The first-order valence-electron chi connectivity index (χ1n) is 10.8. The van der Waals surface area contributed by atoms with Gasteiger partial charge in [0.2, 0.25) is 5.88 Å². The van der Waals surface area contributed by atoms with Gasteiger partial charge in [0.25, 0.3) is 0 Å². The number of pyridine rings is 1. The van der Waals surface area contributed by atoms with Crippen LogP contribution < -0.4 is 26.0 Å². The lowest BCUT2D eigenvalue weighted by molar-refractivity contribution is 0.233. The number of nitrogens with one attached hydrogen (secondary N) is 4. The van der Waals surface area contributed by atoms with Gasteiger partial charge in [-0.05, 0) is 36.8 Å². The zero-order chi connectivity index (χ0) is 22.0. The van der Waals surface area contributed by atoms with Crippen molar-refractivity contribution in [2.75, 3.05) is 49.2 Å². The zero-order valence-corrected chi connectivity index (χ0v) is 18.4. The minimum absolute atomic E-state index is 0.542. The number of fused-ring (bicyclic) bond motifs is 1. The van der Waals surface area contributed by atoms with E-state index in [1.54, 1.807) is 7.11 Å². The first kappa shape index (κ1) is 20.5. The van der Waals surface area contributed by atoms with Crippen molar-refractivity contribution in [2.45, 2.75) is 19.3 Å². The molecule has 1 saturated heterocycles. The van der Waals surface area contributed by atoms with E-state index in [-0.39, 0.29) is 0 Å². The highest BCUT2D eigenvalue weighted by Gasteiger charge is 2.32. The summed E-state index contributed by atoms with van der Waals surface area (Å²) in [6, 6.07) is 12.2. The van der Waals surface area contributed by atoms with Gasteiger partial charge in [0, 0.05) is 50.6 Å². The normalized spacial score (nSPS) is 20.2. The molecule has 0 radical (unpaired) electrons. The van der Waals surface area contributed by atoms with Gasteiger partial charge in [0.1, 0.15) is 12.1 Å². The molecule has 1 fully saturated rings. The van der Waals surface area contributed by atoms with E-state index in [4.69, 9.17) is 4.74 Å². The molecule has 0 amide bonds. The molecule has 2 aliphatic heterocycles. The van der Waals surface area contributed by atoms with Crippen molar-refractivity contribution in [1.29, 1.82) is 0 Å². The van der Waals surface area contributed by atoms with Crippen LogP contribution in [0.15, 0.2) is 48.9 Å². The van der Waals surface area contributed by atoms with Crippen LogP contribution in [0.25, 0.3) is 11.3 Å². The molecule has 32 heavy (non-hydrogen) atoms. The Labute approximate surface area is 187 Å². The average Bonchev–Trinajstić information content (AvgIpc) is 3.14. The van der Waals surface area contributed by atoms with E-state index in [0.717, 1.165) is 61.2 Å². The van der Waals surface area contributed by atoms with Gasteiger partial charge in [-0.1, -0.05) is 6.07 Å². The molecule has 9 nitrogen and oxygen atoms in total. The van der Waals surface area contributed by atoms with E-state index >= 15 is 0 Å². The number of hydrogen-bond donors (Lipinski definition) is 4. The van der Waals surface area contributed by atoms with Crippen LogP contribution in [-0.4, -0.2) is 58.9 Å². The molecular formula is C23H28N8O. The fourth-order valence-electron chi connectivity index (χ4n) is 4.18. The molecule has 4 heterocycles. The second-order valence-corrected chi connectivity index (χ2v) is 8.28. The molecule has 166 valence electrons. The molecular weight excluding hydrogens is 404 g/mol. The van der Waals surface area contributed by atoms with Gasteiger partial charge >= 0.3 is 0 Å². The van der Waals surface area contributed by atoms with Crippen molar-refractivity contribution in [3.63, 3.8) is 0 Å². The van der Waals surface area contributed by atoms with Gasteiger partial charge in [-0.15, -0.1) is 0 Å². The Balaban J connectivity index is 1.30. The Hall–Kier alpha value is -3.43. The predicted octanol–water partition coefficient (Wildman–Crippen LogP) is 2.58. The molecule has 5 rings (SSSR count). The third-order valence-electron chi connectivity index (χ3n) is 5.75. The van der Waals surface area contributed by atoms with Gasteiger partial charge in [0.05, 0.1) is 24.2 Å². The molecule has 1 unspecified atom stereocenters. The van der Waals surface area contributed by atoms with Crippen LogP contribution in [0.3, 0.4) is 0 Å². The smallest absolute Gasteiger partial charge is 0.216 e. The summed E-state index contributed by atoms with van der Waals surface area (Å²) < 4.78 is 5.22. The fraction of sp³-hybridized carbons (Fsp3) is 0.348. The first-order valence-corrected chi connectivity index (χ1v) is 10.8. The largest absolute Gasteiger partial charge is 0.481 e. The predicted molar refractivity (Wildman–Crippen MR) is 126 cm³/mol. The van der Waals surface area contributed by atoms with Crippen LogP contribution in [-0.2, 0) is 6.54 Å². The van der Waals surface area contributed by atoms with Gasteiger partial charge in [-0.3, -0.25) is 4.90 Å². The van der Waals surface area contributed by atoms with E-state index in [9.17, 15) is 0 Å². The van der Waals surface area contributed by atoms with E-state index in [1.165, 1.54) is 11.9 Å². The monoisotopic (exact) mass is 432 g/mol. The Morgan fingerprint density at radius 3 is 2.72 bits per heavy atom. The lowest BCUT2D eigenvalue weighted by atomic mass is 10.1. The quantitative estimate of drug-likeness (QED) is 0.468. The minimum atomic E-state index is -0.564. The summed E-state index contributed by atoms with van der Waals surface area (Å²) in [4.78, 5) is 15.5. The Bertz CT molecular complexity index is 1100. The van der Waals surface area contributed by atoms with Crippen LogP contribution in [0, 0.1) is 0 Å². The van der Waals surface area contributed by atoms with Crippen molar-refractivity contribution >= 4 is 17.2 Å². The average molecular weight is 433 g/mol. The number of ether oxygens (including phenoxy) is 1. The van der Waals surface area contributed by atoms with Crippen molar-refractivity contribution in [2.24, 2.45) is 0 Å². The van der Waals surface area contributed by atoms with Crippen LogP contribution >= 0.6 is 0 Å². The van der Waals surface area contributed by atoms with Gasteiger partial charge < -0.3 is 26.0 Å². The van der Waals surface area contributed by atoms with Crippen LogP contribution in [0.1, 0.15) is 12.5 Å². The zero-order valence-electron chi connectivity index (χ0n) is 18.4. The maximum atomic E-state index is 5.22. The van der Waals surface area contributed by atoms with Gasteiger partial charge in [-0.25, -0.2) is 15.0 Å². The van der Waals surface area contributed by atoms with Crippen molar-refractivity contribution in [3.05, 3.63) is 54.5 Å². The summed E-state index contributed by atoms with van der Waals surface area (Å²) in [5.74, 6) is 0.805. The number of nitrogens with zero attached hydrogens (tertiary/aromatic N) is 4. The molecule has 2 aromatic heterocycles. The number of benzene rings is 1. The van der Waals surface area contributed by atoms with Crippen molar-refractivity contribution in [3.8, 4) is 17.1 Å². The first-order chi connectivity index (χ1) is 15.6. The molecule has 9 heteroatoms. The van der Waals surface area contributed by atoms with Crippen molar-refractivity contribution < 1.29 is 4.74 Å². The molecule has 1 atom stereocenters. The topological polar surface area (TPSA) is 99.3 Å². The number of piperazine rings is 1. The number of rotatable bonds is 6. The second-order valence-electron chi connectivity index (χ2n) is 8.28. The van der Waals surface area contributed by atoms with E-state index in [2.05, 4.69) is 66.2 Å². The molecule has 0 aliphatic carbocycles. The molecule has 1 aromatic carbocycles. The standard InChI is InChI=1S/C23H28N8O/c1-23(30-21-11-16(5-6-25-21)14-31-9-7-24-8-10-31)28-18-4-3-17(12-20(18)29-23)19-13-22(32-2)27-15-26-19/h3-6,11-13,15,24,28-29H,7-10,14H2,1-2H3,(H,25,30). The Morgan fingerprint density at radius 2 is 1.88 bits per heavy atom. The number of hydrogen-bond acceptors (Lipinski definition) is 9. The summed E-state index contributed by atoms with van der Waals surface area (Å²) in [6.45, 7) is 7.23. The lowest BCUT2D eigenvalue weighted by Crippen LogP contribution is -2.46. The molecule has 3 aromatic rings. The maximum Gasteiger partial charge on any atom is 0.216 e. The summed E-state index contributed by atoms with van der Waals surface area (Å²) in [7, 11) is 1.60. The number of anilines is 3. The summed E-state index contributed by atoms with van der Waals surface area (Å²) in [5, 5.41) is 14.0. The summed E-state index contributed by atoms with van der Waals surface area (Å²) in [6.07, 6.45) is 3.38. The fourth-order valence-corrected chi connectivity index (χ4v) is 4.18. The molecule has 0 saturated carbocycles. The highest BCUT2D eigenvalue weighted by molar-refractivity contribution is 5.82. The van der Waals surface area contributed by atoms with E-state index in [1.807, 2.05) is 24.4 Å². The Kier molecular flexibility index (Phi) is 5.50. The van der Waals surface area contributed by atoms with Crippen molar-refractivity contribution in [1.82, 2.24) is 25.2 Å². The molecule has 4 N–H and O–H groups in total. The van der Waals surface area contributed by atoms with Crippen LogP contribution in [0.4, 0.5) is 17.2 Å². The molecule has 2 aliphatic rings. The lowest BCUT2D eigenvalue weighted by Gasteiger charge is -2.29. The molecule has 0 spiro atoms. The SMILES string of the molecule is COc1cc(-c2ccc3c(c2)NC(C)(Nc2cc(CN4CCNCC4)ccn2)N3)ncn1. The van der Waals surface area contributed by atoms with E-state index < -0.39 is 5.79 Å². The third-order valence-corrected chi connectivity index (χ3v) is 5.75. The van der Waals surface area contributed by atoms with Crippen LogP contribution in [0.5, 0.6) is 5.88 Å². The highest BCUT2D eigenvalue weighted by Crippen LogP contribution is 2.37.